The van der Waals surface area contributed by atoms with Crippen LogP contribution in [-0.4, -0.2) is 18.8 Å². The molecule has 1 aliphatic heterocycles. The van der Waals surface area contributed by atoms with Crippen LogP contribution in [-0.2, 0) is 4.74 Å². The fourth-order valence-corrected chi connectivity index (χ4v) is 2.11. The summed E-state index contributed by atoms with van der Waals surface area (Å²) in [6, 6.07) is 4.97. The van der Waals surface area contributed by atoms with Gasteiger partial charge in [-0.2, -0.15) is 0 Å². The molecule has 1 aromatic carbocycles. The molecule has 1 aliphatic rings. The van der Waals surface area contributed by atoms with E-state index in [0.29, 0.717) is 10.7 Å². The number of rotatable bonds is 2. The van der Waals surface area contributed by atoms with Gasteiger partial charge in [-0.15, -0.1) is 0 Å². The Kier molecular flexibility index (Phi) is 3.66. The molecular formula is C12H15ClFNO. The van der Waals surface area contributed by atoms with Crippen molar-refractivity contribution in [2.75, 3.05) is 11.9 Å². The van der Waals surface area contributed by atoms with Crippen LogP contribution in [0, 0.1) is 5.82 Å². The maximum atomic E-state index is 13.5. The van der Waals surface area contributed by atoms with Crippen molar-refractivity contribution in [1.29, 1.82) is 0 Å². The van der Waals surface area contributed by atoms with E-state index in [0.717, 1.165) is 19.4 Å². The average molecular weight is 244 g/mol. The molecule has 2 rings (SSSR count). The standard InChI is InChI=1S/C12H15ClFNO/c1-8-6-10(4-5-16-8)15-12-3-2-9(13)7-11(12)14/h2-3,7-8,10,15H,4-6H2,1H3. The number of nitrogens with one attached hydrogen (secondary N) is 1. The maximum absolute atomic E-state index is 13.5. The van der Waals surface area contributed by atoms with Crippen molar-refractivity contribution < 1.29 is 9.13 Å². The van der Waals surface area contributed by atoms with Gasteiger partial charge in [0.25, 0.3) is 0 Å². The molecule has 0 bridgehead atoms. The third kappa shape index (κ3) is 2.86. The minimum absolute atomic E-state index is 0.238. The molecular weight excluding hydrogens is 229 g/mol. The van der Waals surface area contributed by atoms with Gasteiger partial charge in [0.15, 0.2) is 0 Å². The Morgan fingerprint density at radius 1 is 1.50 bits per heavy atom. The molecule has 1 heterocycles. The van der Waals surface area contributed by atoms with Crippen LogP contribution in [0.25, 0.3) is 0 Å². The molecule has 0 aliphatic carbocycles. The topological polar surface area (TPSA) is 21.3 Å². The third-order valence-electron chi connectivity index (χ3n) is 2.78. The van der Waals surface area contributed by atoms with Gasteiger partial charge in [0.2, 0.25) is 0 Å². The fourth-order valence-electron chi connectivity index (χ4n) is 1.96. The molecule has 16 heavy (non-hydrogen) atoms. The fraction of sp³-hybridized carbons (Fsp3) is 0.500. The maximum Gasteiger partial charge on any atom is 0.147 e. The van der Waals surface area contributed by atoms with Crippen molar-refractivity contribution in [3.63, 3.8) is 0 Å². The zero-order chi connectivity index (χ0) is 11.5. The molecule has 0 amide bonds. The molecule has 2 atom stereocenters. The summed E-state index contributed by atoms with van der Waals surface area (Å²) in [7, 11) is 0. The van der Waals surface area contributed by atoms with Crippen LogP contribution < -0.4 is 5.32 Å². The lowest BCUT2D eigenvalue weighted by Crippen LogP contribution is -2.32. The van der Waals surface area contributed by atoms with Crippen molar-refractivity contribution in [2.45, 2.75) is 31.9 Å². The molecule has 0 radical (unpaired) electrons. The average Bonchev–Trinajstić information content (AvgIpc) is 2.22. The second-order valence-electron chi connectivity index (χ2n) is 4.17. The van der Waals surface area contributed by atoms with Crippen LogP contribution in [0.3, 0.4) is 0 Å². The second-order valence-corrected chi connectivity index (χ2v) is 4.61. The van der Waals surface area contributed by atoms with E-state index in [1.54, 1.807) is 12.1 Å². The van der Waals surface area contributed by atoms with E-state index in [2.05, 4.69) is 5.32 Å². The van der Waals surface area contributed by atoms with Gasteiger partial charge in [0, 0.05) is 17.7 Å². The SMILES string of the molecule is CC1CC(Nc2ccc(Cl)cc2F)CCO1. The molecule has 0 aromatic heterocycles. The lowest BCUT2D eigenvalue weighted by atomic mass is 10.0. The normalized spacial score (nSPS) is 25.4. The number of hydrogen-bond acceptors (Lipinski definition) is 2. The highest BCUT2D eigenvalue weighted by molar-refractivity contribution is 6.30. The zero-order valence-electron chi connectivity index (χ0n) is 9.17. The first-order valence-electron chi connectivity index (χ1n) is 5.48. The summed E-state index contributed by atoms with van der Waals surface area (Å²) in [5.41, 5.74) is 0.517. The highest BCUT2D eigenvalue weighted by Crippen LogP contribution is 2.23. The van der Waals surface area contributed by atoms with Gasteiger partial charge < -0.3 is 10.1 Å². The Hall–Kier alpha value is -0.800. The number of anilines is 1. The molecule has 1 fully saturated rings. The van der Waals surface area contributed by atoms with E-state index in [1.165, 1.54) is 6.07 Å². The molecule has 1 N–H and O–H groups in total. The number of ether oxygens (including phenoxy) is 1. The van der Waals surface area contributed by atoms with Gasteiger partial charge in [0.05, 0.1) is 11.8 Å². The van der Waals surface area contributed by atoms with E-state index >= 15 is 0 Å². The molecule has 0 saturated carbocycles. The van der Waals surface area contributed by atoms with Crippen LogP contribution in [0.15, 0.2) is 18.2 Å². The molecule has 1 aromatic rings. The second kappa shape index (κ2) is 5.02. The first-order valence-corrected chi connectivity index (χ1v) is 5.86. The first-order chi connectivity index (χ1) is 7.65. The van der Waals surface area contributed by atoms with Crippen LogP contribution in [0.4, 0.5) is 10.1 Å². The van der Waals surface area contributed by atoms with Crippen molar-refractivity contribution >= 4 is 17.3 Å². The largest absolute Gasteiger partial charge is 0.380 e. The Morgan fingerprint density at radius 2 is 2.31 bits per heavy atom. The summed E-state index contributed by atoms with van der Waals surface area (Å²) in [6.45, 7) is 2.76. The summed E-state index contributed by atoms with van der Waals surface area (Å²) in [4.78, 5) is 0. The number of benzene rings is 1. The van der Waals surface area contributed by atoms with Crippen LogP contribution in [0.1, 0.15) is 19.8 Å². The Balaban J connectivity index is 2.02. The van der Waals surface area contributed by atoms with Gasteiger partial charge in [-0.3, -0.25) is 0 Å². The summed E-state index contributed by atoms with van der Waals surface area (Å²) in [5.74, 6) is -0.299. The van der Waals surface area contributed by atoms with Crippen molar-refractivity contribution in [1.82, 2.24) is 0 Å². The van der Waals surface area contributed by atoms with Gasteiger partial charge in [-0.25, -0.2) is 4.39 Å². The van der Waals surface area contributed by atoms with Gasteiger partial charge in [0.1, 0.15) is 5.82 Å². The monoisotopic (exact) mass is 243 g/mol. The number of hydrogen-bond donors (Lipinski definition) is 1. The highest BCUT2D eigenvalue weighted by atomic mass is 35.5. The van der Waals surface area contributed by atoms with E-state index in [9.17, 15) is 4.39 Å². The molecule has 2 nitrogen and oxygen atoms in total. The molecule has 2 unspecified atom stereocenters. The zero-order valence-corrected chi connectivity index (χ0v) is 9.93. The Morgan fingerprint density at radius 3 is 3.00 bits per heavy atom. The summed E-state index contributed by atoms with van der Waals surface area (Å²) in [5, 5.41) is 3.61. The Bertz CT molecular complexity index is 372. The third-order valence-corrected chi connectivity index (χ3v) is 3.01. The van der Waals surface area contributed by atoms with Crippen molar-refractivity contribution in [2.24, 2.45) is 0 Å². The first kappa shape index (κ1) is 11.7. The van der Waals surface area contributed by atoms with E-state index < -0.39 is 0 Å². The van der Waals surface area contributed by atoms with Gasteiger partial charge in [-0.05, 0) is 38.0 Å². The van der Waals surface area contributed by atoms with Crippen molar-refractivity contribution in [3.05, 3.63) is 29.0 Å². The molecule has 4 heteroatoms. The Labute approximate surface area is 99.7 Å². The summed E-state index contributed by atoms with van der Waals surface area (Å²) in [6.07, 6.45) is 2.05. The van der Waals surface area contributed by atoms with Crippen LogP contribution >= 0.6 is 11.6 Å². The van der Waals surface area contributed by atoms with E-state index in [1.807, 2.05) is 6.92 Å². The van der Waals surface area contributed by atoms with Crippen LogP contribution in [0.5, 0.6) is 0 Å². The minimum atomic E-state index is -0.299. The molecule has 88 valence electrons. The molecule has 0 spiro atoms. The van der Waals surface area contributed by atoms with E-state index in [4.69, 9.17) is 16.3 Å². The van der Waals surface area contributed by atoms with Gasteiger partial charge >= 0.3 is 0 Å². The predicted octanol–water partition coefficient (Wildman–Crippen LogP) is 3.46. The lowest BCUT2D eigenvalue weighted by molar-refractivity contribution is 0.0232. The predicted molar refractivity (Wildman–Crippen MR) is 63.5 cm³/mol. The smallest absolute Gasteiger partial charge is 0.147 e. The van der Waals surface area contributed by atoms with E-state index in [-0.39, 0.29) is 18.0 Å². The van der Waals surface area contributed by atoms with Crippen LogP contribution in [0.2, 0.25) is 5.02 Å². The summed E-state index contributed by atoms with van der Waals surface area (Å²) >= 11 is 5.70. The summed E-state index contributed by atoms with van der Waals surface area (Å²) < 4.78 is 19.0. The van der Waals surface area contributed by atoms with Crippen molar-refractivity contribution in [3.8, 4) is 0 Å². The lowest BCUT2D eigenvalue weighted by Gasteiger charge is -2.28. The number of halogens is 2. The van der Waals surface area contributed by atoms with Gasteiger partial charge in [-0.1, -0.05) is 11.6 Å². The minimum Gasteiger partial charge on any atom is -0.380 e. The quantitative estimate of drug-likeness (QED) is 0.859. The molecule has 1 saturated heterocycles. The highest BCUT2D eigenvalue weighted by Gasteiger charge is 2.19.